The van der Waals surface area contributed by atoms with Crippen molar-refractivity contribution in [2.24, 2.45) is 0 Å². The van der Waals surface area contributed by atoms with Crippen molar-refractivity contribution in [2.45, 2.75) is 17.5 Å². The van der Waals surface area contributed by atoms with Gasteiger partial charge in [0.2, 0.25) is 5.89 Å². The lowest BCUT2D eigenvalue weighted by Gasteiger charge is -2.09. The minimum atomic E-state index is 0.603. The molecule has 0 aliphatic rings. The molecule has 138 valence electrons. The number of oxazole rings is 1. The van der Waals surface area contributed by atoms with Crippen molar-refractivity contribution in [3.05, 3.63) is 83.6 Å². The van der Waals surface area contributed by atoms with Crippen molar-refractivity contribution in [3.63, 3.8) is 0 Å². The fraction of sp³-hybridized carbons (Fsp3) is 0.0952. The highest BCUT2D eigenvalue weighted by molar-refractivity contribution is 7.98. The minimum Gasteiger partial charge on any atom is -0.440 e. The summed E-state index contributed by atoms with van der Waals surface area (Å²) in [6.07, 6.45) is 0. The van der Waals surface area contributed by atoms with Gasteiger partial charge in [-0.2, -0.15) is 0 Å². The predicted octanol–water partition coefficient (Wildman–Crippen LogP) is 5.49. The summed E-state index contributed by atoms with van der Waals surface area (Å²) in [7, 11) is 0. The Morgan fingerprint density at radius 3 is 2.61 bits per heavy atom. The third kappa shape index (κ3) is 3.46. The molecule has 7 heteroatoms. The Balaban J connectivity index is 1.44. The first kappa shape index (κ1) is 17.2. The second kappa shape index (κ2) is 7.61. The van der Waals surface area contributed by atoms with Crippen LogP contribution < -0.4 is 0 Å². The summed E-state index contributed by atoms with van der Waals surface area (Å²) in [5.74, 6) is 2.18. The van der Waals surface area contributed by atoms with Gasteiger partial charge in [0.1, 0.15) is 5.52 Å². The average Bonchev–Trinajstić information content (AvgIpc) is 3.46. The second-order valence-corrected chi connectivity index (χ2v) is 8.11. The zero-order chi connectivity index (χ0) is 18.8. The standard InChI is InChI=1S/C21H16N4OS2/c1-2-7-15(8-3-1)13-25-20(18-11-6-12-27-18)23-24-21(25)28-14-19-22-16-9-4-5-10-17(16)26-19/h1-12H,13-14H2. The Bertz CT molecular complexity index is 1160. The summed E-state index contributed by atoms with van der Waals surface area (Å²) in [4.78, 5) is 5.66. The quantitative estimate of drug-likeness (QED) is 0.350. The zero-order valence-electron chi connectivity index (χ0n) is 14.9. The molecule has 0 amide bonds. The Morgan fingerprint density at radius 2 is 1.79 bits per heavy atom. The highest BCUT2D eigenvalue weighted by atomic mass is 32.2. The van der Waals surface area contributed by atoms with E-state index in [0.717, 1.165) is 33.5 Å². The molecule has 0 aliphatic heterocycles. The number of para-hydroxylation sites is 2. The van der Waals surface area contributed by atoms with Crippen molar-refractivity contribution in [1.29, 1.82) is 0 Å². The first-order valence-corrected chi connectivity index (χ1v) is 10.7. The molecule has 0 saturated heterocycles. The highest BCUT2D eigenvalue weighted by Gasteiger charge is 2.17. The van der Waals surface area contributed by atoms with E-state index in [1.165, 1.54) is 5.56 Å². The Morgan fingerprint density at radius 1 is 0.929 bits per heavy atom. The molecule has 5 aromatic rings. The Hall–Kier alpha value is -2.90. The summed E-state index contributed by atoms with van der Waals surface area (Å²) >= 11 is 3.26. The molecule has 0 saturated carbocycles. The third-order valence-electron chi connectivity index (χ3n) is 4.30. The molecule has 5 nitrogen and oxygen atoms in total. The van der Waals surface area contributed by atoms with Gasteiger partial charge < -0.3 is 4.42 Å². The van der Waals surface area contributed by atoms with Crippen molar-refractivity contribution >= 4 is 34.2 Å². The minimum absolute atomic E-state index is 0.603. The molecule has 0 aliphatic carbocycles. The zero-order valence-corrected chi connectivity index (χ0v) is 16.5. The molecule has 0 N–H and O–H groups in total. The second-order valence-electron chi connectivity index (χ2n) is 6.22. The van der Waals surface area contributed by atoms with Crippen LogP contribution in [0.5, 0.6) is 0 Å². The SMILES string of the molecule is c1ccc(Cn2c(SCc3nc4ccccc4o3)nnc2-c2cccs2)cc1. The van der Waals surface area contributed by atoms with Crippen molar-refractivity contribution < 1.29 is 4.42 Å². The predicted molar refractivity (Wildman–Crippen MR) is 112 cm³/mol. The molecule has 3 aromatic heterocycles. The van der Waals surface area contributed by atoms with E-state index in [4.69, 9.17) is 4.42 Å². The van der Waals surface area contributed by atoms with Crippen LogP contribution in [0.3, 0.4) is 0 Å². The fourth-order valence-corrected chi connectivity index (χ4v) is 4.50. The summed E-state index contributed by atoms with van der Waals surface area (Å²) in [5.41, 5.74) is 2.90. The molecule has 2 aromatic carbocycles. The van der Waals surface area contributed by atoms with E-state index in [1.807, 2.05) is 36.4 Å². The molecule has 0 atom stereocenters. The lowest BCUT2D eigenvalue weighted by Crippen LogP contribution is -2.03. The number of hydrogen-bond acceptors (Lipinski definition) is 6. The van der Waals surface area contributed by atoms with E-state index in [2.05, 4.69) is 55.5 Å². The molecule has 5 rings (SSSR count). The first-order chi connectivity index (χ1) is 13.9. The lowest BCUT2D eigenvalue weighted by molar-refractivity contribution is 0.555. The smallest absolute Gasteiger partial charge is 0.205 e. The summed E-state index contributed by atoms with van der Waals surface area (Å²) in [6, 6.07) is 22.3. The number of fused-ring (bicyclic) bond motifs is 1. The molecule has 0 radical (unpaired) electrons. The van der Waals surface area contributed by atoms with Crippen LogP contribution in [-0.2, 0) is 12.3 Å². The van der Waals surface area contributed by atoms with Gasteiger partial charge in [0, 0.05) is 0 Å². The van der Waals surface area contributed by atoms with Gasteiger partial charge in [0.05, 0.1) is 17.2 Å². The van der Waals surface area contributed by atoms with Gasteiger partial charge in [-0.1, -0.05) is 60.3 Å². The molecule has 0 spiro atoms. The molecule has 0 bridgehead atoms. The molecule has 28 heavy (non-hydrogen) atoms. The van der Waals surface area contributed by atoms with Gasteiger partial charge in [-0.25, -0.2) is 4.98 Å². The number of hydrogen-bond donors (Lipinski definition) is 0. The number of thioether (sulfide) groups is 1. The van der Waals surface area contributed by atoms with Crippen LogP contribution in [0.15, 0.2) is 81.7 Å². The van der Waals surface area contributed by atoms with Crippen LogP contribution in [0.2, 0.25) is 0 Å². The van der Waals surface area contributed by atoms with Gasteiger partial charge in [0.15, 0.2) is 16.6 Å². The van der Waals surface area contributed by atoms with Crippen molar-refractivity contribution in [1.82, 2.24) is 19.7 Å². The van der Waals surface area contributed by atoms with Gasteiger partial charge in [-0.05, 0) is 29.1 Å². The lowest BCUT2D eigenvalue weighted by atomic mass is 10.2. The largest absolute Gasteiger partial charge is 0.440 e. The third-order valence-corrected chi connectivity index (χ3v) is 6.12. The average molecular weight is 405 g/mol. The molecule has 0 unspecified atom stereocenters. The number of rotatable bonds is 6. The fourth-order valence-electron chi connectivity index (χ4n) is 3.00. The normalized spacial score (nSPS) is 11.3. The van der Waals surface area contributed by atoms with Gasteiger partial charge >= 0.3 is 0 Å². The van der Waals surface area contributed by atoms with Crippen molar-refractivity contribution in [3.8, 4) is 10.7 Å². The number of thiophene rings is 1. The van der Waals surface area contributed by atoms with E-state index in [9.17, 15) is 0 Å². The van der Waals surface area contributed by atoms with Crippen LogP contribution in [0, 0.1) is 0 Å². The maximum Gasteiger partial charge on any atom is 0.205 e. The molecular formula is C21H16N4OS2. The van der Waals surface area contributed by atoms with E-state index >= 15 is 0 Å². The van der Waals surface area contributed by atoms with Gasteiger partial charge in [-0.15, -0.1) is 21.5 Å². The number of nitrogens with zero attached hydrogens (tertiary/aromatic N) is 4. The summed E-state index contributed by atoms with van der Waals surface area (Å²) < 4.78 is 8.00. The topological polar surface area (TPSA) is 56.7 Å². The molecule has 0 fully saturated rings. The van der Waals surface area contributed by atoms with Crippen molar-refractivity contribution in [2.75, 3.05) is 0 Å². The van der Waals surface area contributed by atoms with E-state index in [-0.39, 0.29) is 0 Å². The molecule has 3 heterocycles. The highest BCUT2D eigenvalue weighted by Crippen LogP contribution is 2.30. The summed E-state index contributed by atoms with van der Waals surface area (Å²) in [5, 5.41) is 11.8. The van der Waals surface area contributed by atoms with Crippen LogP contribution in [0.25, 0.3) is 21.8 Å². The van der Waals surface area contributed by atoms with Gasteiger partial charge in [0.25, 0.3) is 0 Å². The monoisotopic (exact) mass is 404 g/mol. The van der Waals surface area contributed by atoms with Crippen LogP contribution in [0.4, 0.5) is 0 Å². The Kier molecular flexibility index (Phi) is 4.68. The summed E-state index contributed by atoms with van der Waals surface area (Å²) in [6.45, 7) is 0.719. The van der Waals surface area contributed by atoms with Crippen LogP contribution in [-0.4, -0.2) is 19.7 Å². The number of aromatic nitrogens is 4. The van der Waals surface area contributed by atoms with Crippen LogP contribution in [0.1, 0.15) is 11.5 Å². The van der Waals surface area contributed by atoms with Crippen LogP contribution >= 0.6 is 23.1 Å². The maximum absolute atomic E-state index is 5.84. The maximum atomic E-state index is 5.84. The van der Waals surface area contributed by atoms with Gasteiger partial charge in [-0.3, -0.25) is 4.57 Å². The Labute approximate surface area is 170 Å². The first-order valence-electron chi connectivity index (χ1n) is 8.85. The van der Waals surface area contributed by atoms with E-state index in [0.29, 0.717) is 11.6 Å². The van der Waals surface area contributed by atoms with E-state index in [1.54, 1.807) is 23.1 Å². The number of benzene rings is 2. The van der Waals surface area contributed by atoms with E-state index < -0.39 is 0 Å². The molecular weight excluding hydrogens is 388 g/mol.